The number of nitroso groups, excluding NO2 is 1. The van der Waals surface area contributed by atoms with Gasteiger partial charge < -0.3 is 0 Å². The average molecular weight is 244 g/mol. The Balaban J connectivity index is 2.35. The van der Waals surface area contributed by atoms with Crippen LogP contribution >= 0.6 is 0 Å². The van der Waals surface area contributed by atoms with Gasteiger partial charge in [0.15, 0.2) is 11.8 Å². The Labute approximate surface area is 102 Å². The normalized spacial score (nSPS) is 11.8. The Morgan fingerprint density at radius 3 is 2.56 bits per heavy atom. The molecule has 1 aromatic heterocycles. The van der Waals surface area contributed by atoms with E-state index in [9.17, 15) is 14.1 Å². The molecule has 0 aliphatic rings. The predicted octanol–water partition coefficient (Wildman–Crippen LogP) is 2.91. The molecule has 2 rings (SSSR count). The van der Waals surface area contributed by atoms with Gasteiger partial charge in [0.1, 0.15) is 5.82 Å². The van der Waals surface area contributed by atoms with Gasteiger partial charge in [-0.1, -0.05) is 35.5 Å². The number of aromatic nitrogens is 1. The fourth-order valence-corrected chi connectivity index (χ4v) is 1.57. The van der Waals surface area contributed by atoms with Gasteiger partial charge >= 0.3 is 0 Å². The summed E-state index contributed by atoms with van der Waals surface area (Å²) in [7, 11) is 0. The van der Waals surface area contributed by atoms with Crippen LogP contribution in [0.25, 0.3) is 0 Å². The van der Waals surface area contributed by atoms with E-state index >= 15 is 0 Å². The Bertz CT molecular complexity index is 572. The fraction of sp³-hybridized carbons (Fsp3) is 0.0769. The van der Waals surface area contributed by atoms with Gasteiger partial charge in [0.05, 0.1) is 5.69 Å². The molecule has 0 spiro atoms. The van der Waals surface area contributed by atoms with E-state index in [1.54, 1.807) is 30.3 Å². The first kappa shape index (κ1) is 12.0. The van der Waals surface area contributed by atoms with Gasteiger partial charge in [0.25, 0.3) is 0 Å². The molecule has 5 heteroatoms. The summed E-state index contributed by atoms with van der Waals surface area (Å²) in [4.78, 5) is 26.6. The highest BCUT2D eigenvalue weighted by molar-refractivity contribution is 6.00. The van der Waals surface area contributed by atoms with E-state index in [1.807, 2.05) is 0 Å². The zero-order valence-electron chi connectivity index (χ0n) is 9.29. The van der Waals surface area contributed by atoms with Gasteiger partial charge in [-0.15, -0.1) is 4.91 Å². The molecular formula is C13H9FN2O2. The first-order chi connectivity index (χ1) is 8.72. The molecule has 1 unspecified atom stereocenters. The van der Waals surface area contributed by atoms with E-state index in [0.717, 1.165) is 12.1 Å². The van der Waals surface area contributed by atoms with Crippen LogP contribution in [0.2, 0.25) is 0 Å². The molecule has 0 aliphatic carbocycles. The summed E-state index contributed by atoms with van der Waals surface area (Å²) in [6.45, 7) is 0. The van der Waals surface area contributed by atoms with E-state index < -0.39 is 17.6 Å². The summed E-state index contributed by atoms with van der Waals surface area (Å²) in [6.07, 6.45) is 1.20. The summed E-state index contributed by atoms with van der Waals surface area (Å²) in [5.41, 5.74) is 0.354. The van der Waals surface area contributed by atoms with Crippen molar-refractivity contribution in [1.29, 1.82) is 0 Å². The monoisotopic (exact) mass is 244 g/mol. The molecule has 90 valence electrons. The van der Waals surface area contributed by atoms with Gasteiger partial charge in [-0.25, -0.2) is 4.39 Å². The number of ketones is 1. The van der Waals surface area contributed by atoms with Crippen LogP contribution in [0.4, 0.5) is 4.39 Å². The van der Waals surface area contributed by atoms with Crippen LogP contribution in [-0.2, 0) is 0 Å². The van der Waals surface area contributed by atoms with Crippen LogP contribution in [0.5, 0.6) is 0 Å². The molecule has 0 radical (unpaired) electrons. The number of pyridine rings is 1. The molecule has 4 nitrogen and oxygen atoms in total. The first-order valence-electron chi connectivity index (χ1n) is 5.25. The highest BCUT2D eigenvalue weighted by Gasteiger charge is 2.24. The van der Waals surface area contributed by atoms with Gasteiger partial charge in [-0.05, 0) is 12.1 Å². The van der Waals surface area contributed by atoms with Crippen LogP contribution in [0, 0.1) is 10.7 Å². The molecule has 0 amide bonds. The number of nitrogens with zero attached hydrogens (tertiary/aromatic N) is 2. The number of halogens is 1. The third-order valence-corrected chi connectivity index (χ3v) is 2.44. The number of benzene rings is 1. The Hall–Kier alpha value is -2.43. The third-order valence-electron chi connectivity index (χ3n) is 2.44. The van der Waals surface area contributed by atoms with Crippen molar-refractivity contribution in [2.75, 3.05) is 0 Å². The maximum atomic E-state index is 13.0. The molecule has 1 atom stereocenters. The lowest BCUT2D eigenvalue weighted by molar-refractivity contribution is 0.0960. The largest absolute Gasteiger partial charge is 0.291 e. The van der Waals surface area contributed by atoms with Gasteiger partial charge in [0.2, 0.25) is 0 Å². The first-order valence-corrected chi connectivity index (χ1v) is 5.25. The minimum Gasteiger partial charge on any atom is -0.291 e. The standard InChI is InChI=1S/C13H9FN2O2/c14-10-6-7-15-11(8-10)12(16-18)13(17)9-4-2-1-3-5-9/h1-8,12H. The molecule has 18 heavy (non-hydrogen) atoms. The Kier molecular flexibility index (Phi) is 3.52. The summed E-state index contributed by atoms with van der Waals surface area (Å²) in [5, 5.41) is 2.75. The summed E-state index contributed by atoms with van der Waals surface area (Å²) in [5.74, 6) is -1.06. The van der Waals surface area contributed by atoms with Crippen LogP contribution in [0.1, 0.15) is 22.1 Å². The maximum absolute atomic E-state index is 13.0. The number of hydrogen-bond acceptors (Lipinski definition) is 4. The van der Waals surface area contributed by atoms with Crippen LogP contribution < -0.4 is 0 Å². The van der Waals surface area contributed by atoms with Crippen molar-refractivity contribution in [3.63, 3.8) is 0 Å². The summed E-state index contributed by atoms with van der Waals surface area (Å²) < 4.78 is 13.0. The Morgan fingerprint density at radius 1 is 1.22 bits per heavy atom. The minimum absolute atomic E-state index is 0.0128. The molecule has 0 N–H and O–H groups in total. The van der Waals surface area contributed by atoms with E-state index in [0.29, 0.717) is 5.56 Å². The molecule has 0 saturated heterocycles. The van der Waals surface area contributed by atoms with Crippen molar-refractivity contribution in [2.24, 2.45) is 5.18 Å². The molecular weight excluding hydrogens is 235 g/mol. The lowest BCUT2D eigenvalue weighted by atomic mass is 10.0. The number of Topliss-reactive ketones (excluding diaryl/α,β-unsaturated/α-hetero) is 1. The summed E-state index contributed by atoms with van der Waals surface area (Å²) in [6, 6.07) is 9.09. The number of carbonyl (C=O) groups is 1. The fourth-order valence-electron chi connectivity index (χ4n) is 1.57. The molecule has 0 fully saturated rings. The van der Waals surface area contributed by atoms with Crippen molar-refractivity contribution in [1.82, 2.24) is 4.98 Å². The van der Waals surface area contributed by atoms with Gasteiger partial charge in [-0.3, -0.25) is 9.78 Å². The predicted molar refractivity (Wildman–Crippen MR) is 63.5 cm³/mol. The lowest BCUT2D eigenvalue weighted by Crippen LogP contribution is -2.12. The van der Waals surface area contributed by atoms with Crippen molar-refractivity contribution in [3.8, 4) is 0 Å². The zero-order chi connectivity index (χ0) is 13.0. The number of carbonyl (C=O) groups excluding carboxylic acids is 1. The molecule has 2 aromatic rings. The van der Waals surface area contributed by atoms with Crippen molar-refractivity contribution < 1.29 is 9.18 Å². The topological polar surface area (TPSA) is 59.4 Å². The second kappa shape index (κ2) is 5.27. The molecule has 0 bridgehead atoms. The van der Waals surface area contributed by atoms with E-state index in [1.165, 1.54) is 6.20 Å². The smallest absolute Gasteiger partial charge is 0.197 e. The van der Waals surface area contributed by atoms with E-state index in [4.69, 9.17) is 0 Å². The van der Waals surface area contributed by atoms with E-state index in [-0.39, 0.29) is 5.69 Å². The highest BCUT2D eigenvalue weighted by atomic mass is 19.1. The van der Waals surface area contributed by atoms with Gasteiger partial charge in [0, 0.05) is 11.8 Å². The lowest BCUT2D eigenvalue weighted by Gasteiger charge is -2.07. The molecule has 0 aliphatic heterocycles. The Morgan fingerprint density at radius 2 is 1.94 bits per heavy atom. The van der Waals surface area contributed by atoms with Crippen molar-refractivity contribution in [2.45, 2.75) is 6.04 Å². The second-order valence-corrected chi connectivity index (χ2v) is 3.64. The SMILES string of the molecule is O=NC(C(=O)c1ccccc1)c1cc(F)ccn1. The van der Waals surface area contributed by atoms with Crippen LogP contribution in [0.15, 0.2) is 53.8 Å². The minimum atomic E-state index is -1.32. The van der Waals surface area contributed by atoms with E-state index in [2.05, 4.69) is 10.2 Å². The zero-order valence-corrected chi connectivity index (χ0v) is 9.29. The average Bonchev–Trinajstić information content (AvgIpc) is 2.40. The number of hydrogen-bond donors (Lipinski definition) is 0. The van der Waals surface area contributed by atoms with Crippen LogP contribution in [-0.4, -0.2) is 10.8 Å². The van der Waals surface area contributed by atoms with Gasteiger partial charge in [-0.2, -0.15) is 0 Å². The van der Waals surface area contributed by atoms with Crippen LogP contribution in [0.3, 0.4) is 0 Å². The summed E-state index contributed by atoms with van der Waals surface area (Å²) >= 11 is 0. The molecule has 1 heterocycles. The second-order valence-electron chi connectivity index (χ2n) is 3.64. The van der Waals surface area contributed by atoms with Crippen molar-refractivity contribution in [3.05, 3.63) is 70.6 Å². The number of rotatable bonds is 4. The third kappa shape index (κ3) is 2.45. The van der Waals surface area contributed by atoms with Crippen molar-refractivity contribution >= 4 is 5.78 Å². The quantitative estimate of drug-likeness (QED) is 0.613. The maximum Gasteiger partial charge on any atom is 0.197 e. The highest BCUT2D eigenvalue weighted by Crippen LogP contribution is 2.20. The molecule has 0 saturated carbocycles. The molecule has 1 aromatic carbocycles.